The summed E-state index contributed by atoms with van der Waals surface area (Å²) in [6.45, 7) is 11.3. The Kier molecular flexibility index (Phi) is 7.18. The minimum absolute atomic E-state index is 0.269. The molecule has 0 saturated carbocycles. The van der Waals surface area contributed by atoms with Gasteiger partial charge in [-0.05, 0) is 56.1 Å². The van der Waals surface area contributed by atoms with Gasteiger partial charge in [-0.2, -0.15) is 0 Å². The number of carbonyl (C=O) groups is 1. The molecule has 0 aliphatic carbocycles. The van der Waals surface area contributed by atoms with Crippen molar-refractivity contribution < 1.29 is 4.79 Å². The number of nitrogens with zero attached hydrogens (tertiary/aromatic N) is 5. The molecule has 2 saturated heterocycles. The molecule has 2 aromatic rings. The van der Waals surface area contributed by atoms with Crippen molar-refractivity contribution in [1.82, 2.24) is 19.4 Å². The molecule has 3 heterocycles. The second-order valence-electron chi connectivity index (χ2n) is 9.16. The Morgan fingerprint density at radius 2 is 1.74 bits per heavy atom. The highest BCUT2D eigenvalue weighted by Crippen LogP contribution is 2.22. The van der Waals surface area contributed by atoms with Crippen LogP contribution in [0.5, 0.6) is 0 Å². The molecule has 0 bridgehead atoms. The molecule has 6 nitrogen and oxygen atoms in total. The van der Waals surface area contributed by atoms with E-state index in [0.29, 0.717) is 18.4 Å². The lowest BCUT2D eigenvalue weighted by molar-refractivity contribution is -0.133. The third-order valence-corrected chi connectivity index (χ3v) is 6.86. The summed E-state index contributed by atoms with van der Waals surface area (Å²) in [5.41, 5.74) is 1.18. The van der Waals surface area contributed by atoms with E-state index in [4.69, 9.17) is 11.6 Å². The van der Waals surface area contributed by atoms with Crippen LogP contribution in [0.2, 0.25) is 5.02 Å². The van der Waals surface area contributed by atoms with Gasteiger partial charge in [0.05, 0.1) is 6.54 Å². The van der Waals surface area contributed by atoms with E-state index in [0.717, 1.165) is 63.7 Å². The second-order valence-corrected chi connectivity index (χ2v) is 9.59. The lowest BCUT2D eigenvalue weighted by Crippen LogP contribution is -2.52. The van der Waals surface area contributed by atoms with Crippen LogP contribution in [0.15, 0.2) is 36.7 Å². The van der Waals surface area contributed by atoms with Crippen molar-refractivity contribution in [2.75, 3.05) is 50.7 Å². The number of rotatable bonds is 6. The number of halogens is 1. The topological polar surface area (TPSA) is 44.6 Å². The fourth-order valence-corrected chi connectivity index (χ4v) is 4.86. The fourth-order valence-electron chi connectivity index (χ4n) is 4.74. The molecule has 4 rings (SSSR count). The van der Waals surface area contributed by atoms with Gasteiger partial charge >= 0.3 is 0 Å². The van der Waals surface area contributed by atoms with Crippen molar-refractivity contribution in [3.63, 3.8) is 0 Å². The van der Waals surface area contributed by atoms with Crippen LogP contribution in [0.25, 0.3) is 0 Å². The smallest absolute Gasteiger partial charge is 0.236 e. The van der Waals surface area contributed by atoms with E-state index >= 15 is 0 Å². The average molecular weight is 444 g/mol. The number of amides is 1. The molecule has 1 aromatic heterocycles. The molecule has 0 unspecified atom stereocenters. The molecule has 7 heteroatoms. The van der Waals surface area contributed by atoms with Crippen LogP contribution in [0.3, 0.4) is 0 Å². The predicted molar refractivity (Wildman–Crippen MR) is 126 cm³/mol. The Bertz CT molecular complexity index is 849. The summed E-state index contributed by atoms with van der Waals surface area (Å²) < 4.78 is 2.32. The van der Waals surface area contributed by atoms with Crippen LogP contribution >= 0.6 is 11.6 Å². The first-order valence-corrected chi connectivity index (χ1v) is 11.9. The van der Waals surface area contributed by atoms with E-state index in [9.17, 15) is 4.79 Å². The van der Waals surface area contributed by atoms with Crippen LogP contribution in [0.4, 0.5) is 5.69 Å². The molecule has 2 aliphatic rings. The zero-order valence-electron chi connectivity index (χ0n) is 18.7. The van der Waals surface area contributed by atoms with Crippen LogP contribution in [-0.4, -0.2) is 71.1 Å². The molecule has 2 aliphatic heterocycles. The van der Waals surface area contributed by atoms with Crippen molar-refractivity contribution in [2.24, 2.45) is 5.92 Å². The Morgan fingerprint density at radius 1 is 1.06 bits per heavy atom. The summed E-state index contributed by atoms with van der Waals surface area (Å²) in [4.78, 5) is 24.0. The van der Waals surface area contributed by atoms with E-state index in [-0.39, 0.29) is 5.91 Å². The first-order chi connectivity index (χ1) is 15.0. The van der Waals surface area contributed by atoms with Crippen molar-refractivity contribution in [1.29, 1.82) is 0 Å². The summed E-state index contributed by atoms with van der Waals surface area (Å²) >= 11 is 5.99. The van der Waals surface area contributed by atoms with E-state index in [1.807, 2.05) is 23.2 Å². The number of imidazole rings is 1. The summed E-state index contributed by atoms with van der Waals surface area (Å²) in [7, 11) is 0. The molecule has 168 valence electrons. The highest BCUT2D eigenvalue weighted by molar-refractivity contribution is 6.30. The number of carbonyl (C=O) groups excluding carboxylic acids is 1. The summed E-state index contributed by atoms with van der Waals surface area (Å²) in [6, 6.07) is 7.96. The van der Waals surface area contributed by atoms with Crippen molar-refractivity contribution in [2.45, 2.75) is 39.2 Å². The molecule has 0 N–H and O–H groups in total. The minimum Gasteiger partial charge on any atom is -0.368 e. The maximum absolute atomic E-state index is 12.8. The van der Waals surface area contributed by atoms with Crippen molar-refractivity contribution >= 4 is 23.2 Å². The summed E-state index contributed by atoms with van der Waals surface area (Å²) in [5.74, 6) is 2.56. The Labute approximate surface area is 190 Å². The predicted octanol–water partition coefficient (Wildman–Crippen LogP) is 3.72. The van der Waals surface area contributed by atoms with Crippen LogP contribution in [-0.2, 0) is 11.3 Å². The number of benzene rings is 1. The molecule has 2 fully saturated rings. The van der Waals surface area contributed by atoms with Crippen LogP contribution in [0.1, 0.15) is 38.4 Å². The van der Waals surface area contributed by atoms with E-state index in [2.05, 4.69) is 51.5 Å². The monoisotopic (exact) mass is 443 g/mol. The molecule has 0 spiro atoms. The maximum Gasteiger partial charge on any atom is 0.236 e. The quantitative estimate of drug-likeness (QED) is 0.682. The summed E-state index contributed by atoms with van der Waals surface area (Å²) in [6.07, 6.45) is 6.31. The molecule has 0 radical (unpaired) electrons. The molecule has 1 amide bonds. The lowest BCUT2D eigenvalue weighted by atomic mass is 9.96. The highest BCUT2D eigenvalue weighted by atomic mass is 35.5. The fraction of sp³-hybridized carbons (Fsp3) is 0.583. The third kappa shape index (κ3) is 5.60. The van der Waals surface area contributed by atoms with Crippen LogP contribution < -0.4 is 4.90 Å². The van der Waals surface area contributed by atoms with Crippen molar-refractivity contribution in [3.8, 4) is 0 Å². The zero-order chi connectivity index (χ0) is 21.8. The normalized spacial score (nSPS) is 18.7. The number of anilines is 1. The number of likely N-dealkylation sites (tertiary alicyclic amines) is 1. The van der Waals surface area contributed by atoms with E-state index < -0.39 is 0 Å². The first-order valence-electron chi connectivity index (χ1n) is 11.5. The minimum atomic E-state index is 0.269. The van der Waals surface area contributed by atoms with Crippen molar-refractivity contribution in [3.05, 3.63) is 47.5 Å². The maximum atomic E-state index is 12.8. The van der Waals surface area contributed by atoms with Gasteiger partial charge in [0.25, 0.3) is 0 Å². The molecule has 1 aromatic carbocycles. The number of aromatic nitrogens is 2. The largest absolute Gasteiger partial charge is 0.368 e. The molecule has 0 atom stereocenters. The SMILES string of the molecule is CC(C)c1nccn1CC1CCN(CC(=O)N2CCN(c3ccc(Cl)cc3)CC2)CC1. The van der Waals surface area contributed by atoms with Gasteiger partial charge in [-0.25, -0.2) is 4.98 Å². The first kappa shape index (κ1) is 22.2. The number of hydrogen-bond donors (Lipinski definition) is 0. The Morgan fingerprint density at radius 3 is 2.39 bits per heavy atom. The number of hydrogen-bond acceptors (Lipinski definition) is 4. The molecular weight excluding hydrogens is 410 g/mol. The highest BCUT2D eigenvalue weighted by Gasteiger charge is 2.26. The van der Waals surface area contributed by atoms with E-state index in [1.54, 1.807) is 0 Å². The van der Waals surface area contributed by atoms with Gasteiger partial charge in [0.15, 0.2) is 0 Å². The van der Waals surface area contributed by atoms with E-state index in [1.165, 1.54) is 11.5 Å². The van der Waals surface area contributed by atoms with Crippen LogP contribution in [0, 0.1) is 5.92 Å². The number of piperidine rings is 1. The Balaban J connectivity index is 1.20. The lowest BCUT2D eigenvalue weighted by Gasteiger charge is -2.38. The number of piperazine rings is 1. The Hall–Kier alpha value is -2.05. The van der Waals surface area contributed by atoms with Gasteiger partial charge in [-0.1, -0.05) is 25.4 Å². The van der Waals surface area contributed by atoms with Gasteiger partial charge in [0.1, 0.15) is 5.82 Å². The standard InChI is InChI=1S/C24H34ClN5O/c1-19(2)24-26-9-12-30(24)17-20-7-10-27(11-8-20)18-23(31)29-15-13-28(14-16-29)22-5-3-21(25)4-6-22/h3-6,9,12,19-20H,7-8,10-11,13-18H2,1-2H3. The van der Waals surface area contributed by atoms with Gasteiger partial charge in [0, 0.05) is 61.7 Å². The molecular formula is C24H34ClN5O. The van der Waals surface area contributed by atoms with Gasteiger partial charge in [-0.3, -0.25) is 9.69 Å². The summed E-state index contributed by atoms with van der Waals surface area (Å²) in [5, 5.41) is 0.756. The average Bonchev–Trinajstić information content (AvgIpc) is 3.24. The van der Waals surface area contributed by atoms with Gasteiger partial charge in [-0.15, -0.1) is 0 Å². The van der Waals surface area contributed by atoms with Gasteiger partial charge < -0.3 is 14.4 Å². The second kappa shape index (κ2) is 10.0. The molecule has 31 heavy (non-hydrogen) atoms. The zero-order valence-corrected chi connectivity index (χ0v) is 19.5. The third-order valence-electron chi connectivity index (χ3n) is 6.61. The van der Waals surface area contributed by atoms with Gasteiger partial charge in [0.2, 0.25) is 5.91 Å².